The zero-order valence-electron chi connectivity index (χ0n) is 21.9. The molecule has 7 heteroatoms. The van der Waals surface area contributed by atoms with E-state index in [2.05, 4.69) is 0 Å². The summed E-state index contributed by atoms with van der Waals surface area (Å²) in [5, 5.41) is 1.74. The molecule has 1 saturated heterocycles. The van der Waals surface area contributed by atoms with Gasteiger partial charge < -0.3 is 18.3 Å². The average Bonchev–Trinajstić information content (AvgIpc) is 3.25. The molecular formula is C32H28N2O5. The van der Waals surface area contributed by atoms with E-state index in [0.717, 1.165) is 45.3 Å². The van der Waals surface area contributed by atoms with Crippen LogP contribution in [-0.4, -0.2) is 28.5 Å². The van der Waals surface area contributed by atoms with Gasteiger partial charge in [-0.2, -0.15) is 0 Å². The SMILES string of the molecule is Cc1oc2cc3oc(=O)c(CC(=O)N4C[C@H]5C[C@@H](C4)c4cccc(=O)n4C5)c(C)c3cc2c1-c1ccccc1. The number of furan rings is 1. The van der Waals surface area contributed by atoms with Crippen LogP contribution in [0.2, 0.25) is 0 Å². The molecule has 2 aliphatic heterocycles. The third-order valence-electron chi connectivity index (χ3n) is 8.49. The molecule has 39 heavy (non-hydrogen) atoms. The van der Waals surface area contributed by atoms with Crippen LogP contribution in [0.1, 0.15) is 34.9 Å². The van der Waals surface area contributed by atoms with Crippen molar-refractivity contribution in [3.63, 3.8) is 0 Å². The summed E-state index contributed by atoms with van der Waals surface area (Å²) in [6, 6.07) is 19.2. The van der Waals surface area contributed by atoms with Crippen molar-refractivity contribution in [3.05, 3.63) is 104 Å². The summed E-state index contributed by atoms with van der Waals surface area (Å²) in [6.07, 6.45) is 0.952. The zero-order chi connectivity index (χ0) is 26.8. The predicted molar refractivity (Wildman–Crippen MR) is 149 cm³/mol. The number of piperidine rings is 1. The van der Waals surface area contributed by atoms with Gasteiger partial charge in [-0.05, 0) is 49.4 Å². The molecule has 2 atom stereocenters. The Hall–Kier alpha value is -4.39. The quantitative estimate of drug-likeness (QED) is 0.306. The number of nitrogens with zero attached hydrogens (tertiary/aromatic N) is 2. The molecule has 7 nitrogen and oxygen atoms in total. The second-order valence-electron chi connectivity index (χ2n) is 10.9. The van der Waals surface area contributed by atoms with Crippen molar-refractivity contribution < 1.29 is 13.6 Å². The number of hydrogen-bond donors (Lipinski definition) is 0. The topological polar surface area (TPSA) is 85.7 Å². The minimum absolute atomic E-state index is 0.0147. The fourth-order valence-electron chi connectivity index (χ4n) is 6.63. The van der Waals surface area contributed by atoms with Crippen LogP contribution in [0.25, 0.3) is 33.1 Å². The Morgan fingerprint density at radius 2 is 1.69 bits per heavy atom. The van der Waals surface area contributed by atoms with Crippen LogP contribution in [0.3, 0.4) is 0 Å². The lowest BCUT2D eigenvalue weighted by molar-refractivity contribution is -0.133. The summed E-state index contributed by atoms with van der Waals surface area (Å²) < 4.78 is 13.6. The van der Waals surface area contributed by atoms with Crippen molar-refractivity contribution >= 4 is 27.8 Å². The summed E-state index contributed by atoms with van der Waals surface area (Å²) in [4.78, 5) is 40.8. The van der Waals surface area contributed by atoms with E-state index >= 15 is 0 Å². The van der Waals surface area contributed by atoms with Crippen LogP contribution in [0, 0.1) is 19.8 Å². The molecule has 0 spiro atoms. The van der Waals surface area contributed by atoms with Crippen molar-refractivity contribution in [3.8, 4) is 11.1 Å². The molecule has 196 valence electrons. The number of pyridine rings is 1. The molecule has 0 radical (unpaired) electrons. The summed E-state index contributed by atoms with van der Waals surface area (Å²) >= 11 is 0. The molecule has 7 rings (SSSR count). The number of hydrogen-bond acceptors (Lipinski definition) is 5. The van der Waals surface area contributed by atoms with Gasteiger partial charge in [0.25, 0.3) is 5.56 Å². The van der Waals surface area contributed by atoms with E-state index in [1.54, 1.807) is 18.2 Å². The Balaban J connectivity index is 1.24. The smallest absolute Gasteiger partial charge is 0.340 e. The van der Waals surface area contributed by atoms with E-state index in [4.69, 9.17) is 8.83 Å². The number of aryl methyl sites for hydroxylation is 2. The number of rotatable bonds is 3. The molecule has 0 unspecified atom stereocenters. The summed E-state index contributed by atoms with van der Waals surface area (Å²) in [7, 11) is 0. The Bertz CT molecular complexity index is 1900. The van der Waals surface area contributed by atoms with E-state index in [9.17, 15) is 14.4 Å². The van der Waals surface area contributed by atoms with Gasteiger partial charge in [0.15, 0.2) is 0 Å². The van der Waals surface area contributed by atoms with Gasteiger partial charge in [0.05, 0.1) is 12.0 Å². The highest BCUT2D eigenvalue weighted by Gasteiger charge is 2.36. The van der Waals surface area contributed by atoms with Gasteiger partial charge in [-0.1, -0.05) is 36.4 Å². The molecule has 3 aromatic heterocycles. The van der Waals surface area contributed by atoms with Crippen LogP contribution < -0.4 is 11.2 Å². The van der Waals surface area contributed by atoms with E-state index in [1.165, 1.54) is 0 Å². The standard InChI is InChI=1S/C32H28N2O5/c1-18-23-12-25-28(38-19(2)31(25)21-7-4-3-5-8-21)14-27(23)39-32(37)24(18)13-30(36)33-15-20-11-22(17-33)26-9-6-10-29(35)34(26)16-20/h3-10,12,14,20,22H,11,13,15-17H2,1-2H3/t20-,22+/m1/s1. The third-order valence-corrected chi connectivity index (χ3v) is 8.49. The molecular weight excluding hydrogens is 492 g/mol. The zero-order valence-corrected chi connectivity index (χ0v) is 21.9. The first-order valence-corrected chi connectivity index (χ1v) is 13.4. The molecule has 0 N–H and O–H groups in total. The number of carbonyl (C=O) groups is 1. The van der Waals surface area contributed by atoms with E-state index < -0.39 is 5.63 Å². The number of aromatic nitrogens is 1. The molecule has 2 aromatic carbocycles. The first kappa shape index (κ1) is 23.7. The first-order chi connectivity index (χ1) is 18.9. The number of benzene rings is 2. The highest BCUT2D eigenvalue weighted by Crippen LogP contribution is 2.38. The van der Waals surface area contributed by atoms with E-state index in [-0.39, 0.29) is 29.7 Å². The van der Waals surface area contributed by atoms with Crippen molar-refractivity contribution in [2.45, 2.75) is 39.2 Å². The van der Waals surface area contributed by atoms with Crippen molar-refractivity contribution in [2.75, 3.05) is 13.1 Å². The van der Waals surface area contributed by atoms with Gasteiger partial charge in [0.1, 0.15) is 16.9 Å². The van der Waals surface area contributed by atoms with Crippen LogP contribution in [0.5, 0.6) is 0 Å². The number of amides is 1. The van der Waals surface area contributed by atoms with Gasteiger partial charge in [-0.3, -0.25) is 9.59 Å². The molecule has 2 bridgehead atoms. The normalized spacial score (nSPS) is 18.5. The maximum atomic E-state index is 13.5. The van der Waals surface area contributed by atoms with Crippen LogP contribution >= 0.6 is 0 Å². The average molecular weight is 521 g/mol. The minimum atomic E-state index is -0.492. The maximum absolute atomic E-state index is 13.5. The van der Waals surface area contributed by atoms with Gasteiger partial charge >= 0.3 is 5.63 Å². The lowest BCUT2D eigenvalue weighted by atomic mass is 9.83. The third kappa shape index (κ3) is 3.83. The predicted octanol–water partition coefficient (Wildman–Crippen LogP) is 5.17. The molecule has 5 heterocycles. The largest absolute Gasteiger partial charge is 0.461 e. The summed E-state index contributed by atoms with van der Waals surface area (Å²) in [5.74, 6) is 1.06. The lowest BCUT2D eigenvalue weighted by Crippen LogP contribution is -2.49. The van der Waals surface area contributed by atoms with E-state index in [1.807, 2.05) is 65.8 Å². The minimum Gasteiger partial charge on any atom is -0.461 e. The molecule has 5 aromatic rings. The summed E-state index contributed by atoms with van der Waals surface area (Å²) in [6.45, 7) is 5.57. The van der Waals surface area contributed by atoms with Crippen LogP contribution in [0.15, 0.2) is 79.1 Å². The Morgan fingerprint density at radius 3 is 2.51 bits per heavy atom. The fourth-order valence-corrected chi connectivity index (χ4v) is 6.63. The van der Waals surface area contributed by atoms with Crippen LogP contribution in [-0.2, 0) is 17.8 Å². The van der Waals surface area contributed by atoms with Gasteiger partial charge in [0.2, 0.25) is 5.91 Å². The molecule has 1 amide bonds. The maximum Gasteiger partial charge on any atom is 0.340 e. The van der Waals surface area contributed by atoms with Crippen molar-refractivity contribution in [2.24, 2.45) is 5.92 Å². The van der Waals surface area contributed by atoms with Gasteiger partial charge in [-0.25, -0.2) is 4.79 Å². The Kier molecular flexibility index (Phi) is 5.37. The molecule has 1 fully saturated rings. The Labute approximate surface area is 224 Å². The molecule has 0 saturated carbocycles. The van der Waals surface area contributed by atoms with E-state index in [0.29, 0.717) is 36.4 Å². The number of fused-ring (bicyclic) bond motifs is 6. The molecule has 0 aliphatic carbocycles. The van der Waals surface area contributed by atoms with Gasteiger partial charge in [0, 0.05) is 59.7 Å². The number of carbonyl (C=O) groups excluding carboxylic acids is 1. The fraction of sp³-hybridized carbons (Fsp3) is 0.281. The first-order valence-electron chi connectivity index (χ1n) is 13.4. The highest BCUT2D eigenvalue weighted by atomic mass is 16.4. The van der Waals surface area contributed by atoms with Crippen LogP contribution in [0.4, 0.5) is 0 Å². The van der Waals surface area contributed by atoms with Gasteiger partial charge in [-0.15, -0.1) is 0 Å². The van der Waals surface area contributed by atoms with Crippen molar-refractivity contribution in [1.29, 1.82) is 0 Å². The second-order valence-corrected chi connectivity index (χ2v) is 10.9. The monoisotopic (exact) mass is 520 g/mol. The lowest BCUT2D eigenvalue weighted by Gasteiger charge is -2.42. The second kappa shape index (κ2) is 8.83. The van der Waals surface area contributed by atoms with Crippen molar-refractivity contribution in [1.82, 2.24) is 9.47 Å². The summed E-state index contributed by atoms with van der Waals surface area (Å²) in [5.41, 5.74) is 4.83. The highest BCUT2D eigenvalue weighted by molar-refractivity contribution is 6.03. The number of likely N-dealkylation sites (tertiary alicyclic amines) is 1. The Morgan fingerprint density at radius 1 is 0.897 bits per heavy atom. The molecule has 2 aliphatic rings.